The Balaban J connectivity index is 1.21. The smallest absolute Gasteiger partial charge is 0.229 e. The monoisotopic (exact) mass is 417 g/mol. The highest BCUT2D eigenvalue weighted by Gasteiger charge is 2.25. The van der Waals surface area contributed by atoms with Crippen molar-refractivity contribution < 1.29 is 23.2 Å². The van der Waals surface area contributed by atoms with Gasteiger partial charge in [0.1, 0.15) is 5.82 Å². The van der Waals surface area contributed by atoms with E-state index in [1.54, 1.807) is 12.1 Å². The van der Waals surface area contributed by atoms with E-state index in [4.69, 9.17) is 14.0 Å². The molecule has 162 valence electrons. The molecule has 0 aliphatic carbocycles. The van der Waals surface area contributed by atoms with Crippen LogP contribution >= 0.6 is 0 Å². The molecule has 8 heteroatoms. The van der Waals surface area contributed by atoms with Gasteiger partial charge in [-0.3, -0.25) is 4.79 Å². The summed E-state index contributed by atoms with van der Waals surface area (Å²) in [6.07, 6.45) is 4.56. The van der Waals surface area contributed by atoms with Gasteiger partial charge in [0.2, 0.25) is 11.8 Å². The second kappa shape index (κ2) is 10.1. The van der Waals surface area contributed by atoms with Crippen LogP contribution in [0.5, 0.6) is 0 Å². The molecular weight excluding hydrogens is 389 g/mol. The third kappa shape index (κ3) is 5.64. The minimum atomic E-state index is -0.292. The molecule has 1 aromatic carbocycles. The molecule has 0 N–H and O–H groups in total. The van der Waals surface area contributed by atoms with Gasteiger partial charge in [-0.25, -0.2) is 4.39 Å². The number of halogens is 1. The Hall–Kier alpha value is -2.32. The zero-order chi connectivity index (χ0) is 20.8. The van der Waals surface area contributed by atoms with Gasteiger partial charge in [0.15, 0.2) is 5.82 Å². The molecule has 0 bridgehead atoms. The molecule has 0 radical (unpaired) electrons. The van der Waals surface area contributed by atoms with Crippen LogP contribution in [0.25, 0.3) is 0 Å². The van der Waals surface area contributed by atoms with Gasteiger partial charge in [-0.1, -0.05) is 17.3 Å². The maximum atomic E-state index is 13.0. The Labute approximate surface area is 175 Å². The third-order valence-corrected chi connectivity index (χ3v) is 5.73. The minimum Gasteiger partial charge on any atom is -0.381 e. The number of rotatable bonds is 7. The van der Waals surface area contributed by atoms with E-state index in [1.165, 1.54) is 12.1 Å². The molecule has 2 aliphatic rings. The van der Waals surface area contributed by atoms with Crippen molar-refractivity contribution in [1.82, 2.24) is 15.0 Å². The molecule has 7 nitrogen and oxygen atoms in total. The summed E-state index contributed by atoms with van der Waals surface area (Å²) < 4.78 is 29.8. The fourth-order valence-electron chi connectivity index (χ4n) is 3.99. The molecule has 2 fully saturated rings. The Kier molecular flexibility index (Phi) is 7.07. The molecule has 4 rings (SSSR count). The van der Waals surface area contributed by atoms with Gasteiger partial charge in [-0.15, -0.1) is 0 Å². The largest absolute Gasteiger partial charge is 0.381 e. The Morgan fingerprint density at radius 1 is 1.20 bits per heavy atom. The number of carbonyl (C=O) groups excluding carboxylic acids is 1. The van der Waals surface area contributed by atoms with Crippen LogP contribution in [0.3, 0.4) is 0 Å². The molecule has 3 heterocycles. The number of nitrogens with zero attached hydrogens (tertiary/aromatic N) is 3. The molecule has 1 unspecified atom stereocenters. The zero-order valence-electron chi connectivity index (χ0n) is 17.1. The molecule has 1 aromatic heterocycles. The molecule has 2 aromatic rings. The maximum Gasteiger partial charge on any atom is 0.229 e. The summed E-state index contributed by atoms with van der Waals surface area (Å²) in [6, 6.07) is 6.08. The number of likely N-dealkylation sites (tertiary alicyclic amines) is 1. The average Bonchev–Trinajstić information content (AvgIpc) is 3.25. The molecule has 30 heavy (non-hydrogen) atoms. The summed E-state index contributed by atoms with van der Waals surface area (Å²) in [5.74, 6) is 1.41. The van der Waals surface area contributed by atoms with Crippen LogP contribution in [-0.2, 0) is 27.1 Å². The van der Waals surface area contributed by atoms with Crippen LogP contribution < -0.4 is 0 Å². The molecule has 1 amide bonds. The van der Waals surface area contributed by atoms with E-state index in [1.807, 2.05) is 4.90 Å². The predicted octanol–water partition coefficient (Wildman–Crippen LogP) is 2.90. The fourth-order valence-corrected chi connectivity index (χ4v) is 3.99. The third-order valence-electron chi connectivity index (χ3n) is 5.73. The van der Waals surface area contributed by atoms with Crippen molar-refractivity contribution in [2.24, 2.45) is 0 Å². The van der Waals surface area contributed by atoms with Crippen LogP contribution in [-0.4, -0.2) is 60.0 Å². The summed E-state index contributed by atoms with van der Waals surface area (Å²) in [7, 11) is 0. The lowest BCUT2D eigenvalue weighted by molar-refractivity contribution is -0.134. The Morgan fingerprint density at radius 3 is 2.80 bits per heavy atom. The second-order valence-corrected chi connectivity index (χ2v) is 7.96. The summed E-state index contributed by atoms with van der Waals surface area (Å²) in [4.78, 5) is 18.9. The van der Waals surface area contributed by atoms with E-state index in [2.05, 4.69) is 10.1 Å². The topological polar surface area (TPSA) is 77.7 Å². The number of ether oxygens (including phenoxy) is 2. The lowest BCUT2D eigenvalue weighted by Gasteiger charge is -2.32. The van der Waals surface area contributed by atoms with Crippen molar-refractivity contribution in [3.05, 3.63) is 47.4 Å². The first kappa shape index (κ1) is 20.9. The number of hydrogen-bond acceptors (Lipinski definition) is 6. The van der Waals surface area contributed by atoms with Crippen LogP contribution in [0.1, 0.15) is 48.9 Å². The predicted molar refractivity (Wildman–Crippen MR) is 106 cm³/mol. The summed E-state index contributed by atoms with van der Waals surface area (Å²) in [5, 5.41) is 4.07. The number of carbonyl (C=O) groups is 1. The van der Waals surface area contributed by atoms with Gasteiger partial charge in [-0.05, 0) is 43.4 Å². The highest BCUT2D eigenvalue weighted by molar-refractivity contribution is 5.78. The number of hydrogen-bond donors (Lipinski definition) is 0. The SMILES string of the molecule is O=C(Cc1ccc(F)cc1)N1CCCC(OCCc2noc(C3CCOCC3)n2)C1. The number of amides is 1. The van der Waals surface area contributed by atoms with E-state index >= 15 is 0 Å². The van der Waals surface area contributed by atoms with E-state index in [-0.39, 0.29) is 24.2 Å². The van der Waals surface area contributed by atoms with E-state index in [0.29, 0.717) is 37.2 Å². The first-order valence-electron chi connectivity index (χ1n) is 10.7. The lowest BCUT2D eigenvalue weighted by Crippen LogP contribution is -2.44. The van der Waals surface area contributed by atoms with Gasteiger partial charge in [0.25, 0.3) is 0 Å². The van der Waals surface area contributed by atoms with E-state index in [9.17, 15) is 9.18 Å². The number of aromatic nitrogens is 2. The molecule has 1 atom stereocenters. The van der Waals surface area contributed by atoms with Crippen molar-refractivity contribution in [1.29, 1.82) is 0 Å². The molecule has 0 saturated carbocycles. The normalized spacial score (nSPS) is 20.4. The van der Waals surface area contributed by atoms with E-state index < -0.39 is 0 Å². The fraction of sp³-hybridized carbons (Fsp3) is 0.591. The van der Waals surface area contributed by atoms with Gasteiger partial charge >= 0.3 is 0 Å². The van der Waals surface area contributed by atoms with Gasteiger partial charge < -0.3 is 18.9 Å². The van der Waals surface area contributed by atoms with Crippen molar-refractivity contribution in [3.63, 3.8) is 0 Å². The summed E-state index contributed by atoms with van der Waals surface area (Å²) >= 11 is 0. The van der Waals surface area contributed by atoms with Crippen LogP contribution in [0.2, 0.25) is 0 Å². The number of benzene rings is 1. The van der Waals surface area contributed by atoms with Crippen LogP contribution in [0.15, 0.2) is 28.8 Å². The van der Waals surface area contributed by atoms with Gasteiger partial charge in [-0.2, -0.15) is 4.98 Å². The van der Waals surface area contributed by atoms with Crippen molar-refractivity contribution in [3.8, 4) is 0 Å². The lowest BCUT2D eigenvalue weighted by atomic mass is 10.0. The molecule has 2 aliphatic heterocycles. The average molecular weight is 417 g/mol. The molecule has 0 spiro atoms. The summed E-state index contributed by atoms with van der Waals surface area (Å²) in [5.41, 5.74) is 0.821. The van der Waals surface area contributed by atoms with Crippen molar-refractivity contribution >= 4 is 5.91 Å². The standard InChI is InChI=1S/C22H28FN3O4/c23-18-5-3-16(4-6-18)14-21(27)26-10-1-2-19(15-26)29-13-9-20-24-22(30-25-20)17-7-11-28-12-8-17/h3-6,17,19H,1-2,7-15H2. The Morgan fingerprint density at radius 2 is 2.00 bits per heavy atom. The first-order chi connectivity index (χ1) is 14.7. The Bertz CT molecular complexity index is 820. The van der Waals surface area contributed by atoms with Crippen molar-refractivity contribution in [2.75, 3.05) is 32.9 Å². The highest BCUT2D eigenvalue weighted by atomic mass is 19.1. The van der Waals surface area contributed by atoms with Crippen molar-refractivity contribution in [2.45, 2.75) is 50.5 Å². The maximum absolute atomic E-state index is 13.0. The highest BCUT2D eigenvalue weighted by Crippen LogP contribution is 2.25. The number of piperidine rings is 1. The molecule has 2 saturated heterocycles. The summed E-state index contributed by atoms with van der Waals surface area (Å²) in [6.45, 7) is 3.29. The minimum absolute atomic E-state index is 0.0118. The second-order valence-electron chi connectivity index (χ2n) is 7.96. The zero-order valence-corrected chi connectivity index (χ0v) is 17.1. The van der Waals surface area contributed by atoms with Crippen LogP contribution in [0.4, 0.5) is 4.39 Å². The van der Waals surface area contributed by atoms with E-state index in [0.717, 1.165) is 51.0 Å². The first-order valence-corrected chi connectivity index (χ1v) is 10.7. The van der Waals surface area contributed by atoms with Gasteiger partial charge in [0.05, 0.1) is 19.1 Å². The van der Waals surface area contributed by atoms with Crippen LogP contribution in [0, 0.1) is 5.82 Å². The quantitative estimate of drug-likeness (QED) is 0.689. The molecular formula is C22H28FN3O4. The van der Waals surface area contributed by atoms with Gasteiger partial charge in [0, 0.05) is 38.6 Å².